The van der Waals surface area contributed by atoms with E-state index in [9.17, 15) is 10.1 Å². The van der Waals surface area contributed by atoms with Gasteiger partial charge in [-0.15, -0.1) is 10.2 Å². The molecule has 8 nitrogen and oxygen atoms in total. The van der Waals surface area contributed by atoms with E-state index in [4.69, 9.17) is 4.42 Å². The van der Waals surface area contributed by atoms with Crippen LogP contribution in [-0.4, -0.2) is 25.9 Å². The Morgan fingerprint density at radius 2 is 2.10 bits per heavy atom. The molecule has 2 aromatic heterocycles. The van der Waals surface area contributed by atoms with Crippen LogP contribution in [0.5, 0.6) is 0 Å². The van der Waals surface area contributed by atoms with Gasteiger partial charge in [0.25, 0.3) is 5.69 Å². The molecule has 0 atom stereocenters. The van der Waals surface area contributed by atoms with E-state index in [1.54, 1.807) is 24.6 Å². The Balaban J connectivity index is 1.71. The maximum absolute atomic E-state index is 11.3. The van der Waals surface area contributed by atoms with E-state index < -0.39 is 4.92 Å². The Morgan fingerprint density at radius 1 is 1.23 bits per heavy atom. The predicted molar refractivity (Wildman–Crippen MR) is 122 cm³/mol. The summed E-state index contributed by atoms with van der Waals surface area (Å²) in [6, 6.07) is 15.8. The number of hydrogen-bond donors (Lipinski definition) is 0. The molecule has 0 saturated carbocycles. The SMILES string of the molecule is CCn1c(Sc2ccc([N+](=O)[O-])cc2C=Nc2cccc(Br)c2)nnc1-c1ccco1. The number of aromatic nitrogens is 3. The molecule has 0 radical (unpaired) electrons. The van der Waals surface area contributed by atoms with Gasteiger partial charge in [0.05, 0.1) is 16.9 Å². The van der Waals surface area contributed by atoms with Crippen LogP contribution in [0.4, 0.5) is 11.4 Å². The van der Waals surface area contributed by atoms with Gasteiger partial charge in [0, 0.05) is 39.8 Å². The molecule has 2 heterocycles. The highest BCUT2D eigenvalue weighted by Crippen LogP contribution is 2.33. The molecule has 0 bridgehead atoms. The molecule has 10 heteroatoms. The molecule has 0 aliphatic heterocycles. The number of halogens is 1. The molecule has 2 aromatic carbocycles. The molecule has 4 aromatic rings. The number of hydrogen-bond acceptors (Lipinski definition) is 7. The number of benzene rings is 2. The third-order valence-electron chi connectivity index (χ3n) is 4.34. The van der Waals surface area contributed by atoms with Gasteiger partial charge >= 0.3 is 0 Å². The van der Waals surface area contributed by atoms with Gasteiger partial charge in [0.15, 0.2) is 16.7 Å². The Morgan fingerprint density at radius 3 is 2.81 bits per heavy atom. The summed E-state index contributed by atoms with van der Waals surface area (Å²) in [5.74, 6) is 1.25. The van der Waals surface area contributed by atoms with Crippen LogP contribution in [0, 0.1) is 10.1 Å². The van der Waals surface area contributed by atoms with E-state index in [0.717, 1.165) is 15.1 Å². The minimum absolute atomic E-state index is 0.00623. The van der Waals surface area contributed by atoms with E-state index in [2.05, 4.69) is 31.1 Å². The summed E-state index contributed by atoms with van der Waals surface area (Å²) in [6.45, 7) is 2.63. The highest BCUT2D eigenvalue weighted by atomic mass is 79.9. The lowest BCUT2D eigenvalue weighted by Crippen LogP contribution is -2.00. The van der Waals surface area contributed by atoms with Gasteiger partial charge < -0.3 is 4.42 Å². The summed E-state index contributed by atoms with van der Waals surface area (Å²) in [5, 5.41) is 20.5. The van der Waals surface area contributed by atoms with E-state index in [0.29, 0.717) is 28.8 Å². The molecule has 0 N–H and O–H groups in total. The number of aliphatic imine (C=N–C) groups is 1. The van der Waals surface area contributed by atoms with Crippen LogP contribution in [0.1, 0.15) is 12.5 Å². The van der Waals surface area contributed by atoms with Crippen LogP contribution in [0.15, 0.2) is 84.8 Å². The molecule has 31 heavy (non-hydrogen) atoms. The minimum atomic E-state index is -0.422. The summed E-state index contributed by atoms with van der Waals surface area (Å²) >= 11 is 4.79. The summed E-state index contributed by atoms with van der Waals surface area (Å²) in [4.78, 5) is 16.1. The maximum atomic E-state index is 11.3. The molecule has 0 amide bonds. The van der Waals surface area contributed by atoms with Gasteiger partial charge in [0.1, 0.15) is 0 Å². The van der Waals surface area contributed by atoms with Crippen LogP contribution in [0.3, 0.4) is 0 Å². The molecular formula is C21H16BrN5O3S. The first kappa shape index (κ1) is 21.0. The summed E-state index contributed by atoms with van der Waals surface area (Å²) in [5.41, 5.74) is 1.34. The number of nitro benzene ring substituents is 1. The molecule has 156 valence electrons. The lowest BCUT2D eigenvalue weighted by molar-refractivity contribution is -0.384. The quantitative estimate of drug-likeness (QED) is 0.173. The van der Waals surface area contributed by atoms with Gasteiger partial charge in [-0.1, -0.05) is 22.0 Å². The molecular weight excluding hydrogens is 482 g/mol. The van der Waals surface area contributed by atoms with Crippen molar-refractivity contribution in [3.8, 4) is 11.6 Å². The fourth-order valence-electron chi connectivity index (χ4n) is 2.88. The average molecular weight is 498 g/mol. The van der Waals surface area contributed by atoms with Crippen molar-refractivity contribution in [2.45, 2.75) is 23.5 Å². The van der Waals surface area contributed by atoms with Crippen molar-refractivity contribution in [3.63, 3.8) is 0 Å². The van der Waals surface area contributed by atoms with Gasteiger partial charge in [-0.05, 0) is 55.1 Å². The Hall–Kier alpha value is -3.24. The second-order valence-corrected chi connectivity index (χ2v) is 8.27. The molecule has 0 spiro atoms. The fraction of sp³-hybridized carbons (Fsp3) is 0.0952. The van der Waals surface area contributed by atoms with E-state index in [1.807, 2.05) is 41.8 Å². The number of rotatable bonds is 7. The second kappa shape index (κ2) is 9.27. The van der Waals surface area contributed by atoms with Gasteiger partial charge in [-0.25, -0.2) is 0 Å². The Labute approximate surface area is 190 Å². The van der Waals surface area contributed by atoms with E-state index >= 15 is 0 Å². The van der Waals surface area contributed by atoms with Crippen molar-refractivity contribution < 1.29 is 9.34 Å². The summed E-state index contributed by atoms with van der Waals surface area (Å²) in [6.07, 6.45) is 3.21. The van der Waals surface area contributed by atoms with E-state index in [1.165, 1.54) is 23.9 Å². The smallest absolute Gasteiger partial charge is 0.270 e. The van der Waals surface area contributed by atoms with E-state index in [-0.39, 0.29) is 5.69 Å². The van der Waals surface area contributed by atoms with Gasteiger partial charge in [0.2, 0.25) is 0 Å². The lowest BCUT2D eigenvalue weighted by Gasteiger charge is -2.08. The number of nitrogens with zero attached hydrogens (tertiary/aromatic N) is 5. The Bertz CT molecular complexity index is 1250. The largest absolute Gasteiger partial charge is 0.461 e. The number of furan rings is 1. The summed E-state index contributed by atoms with van der Waals surface area (Å²) < 4.78 is 8.29. The zero-order chi connectivity index (χ0) is 21.8. The highest BCUT2D eigenvalue weighted by Gasteiger charge is 2.18. The number of nitro groups is 1. The molecule has 0 aliphatic carbocycles. The zero-order valence-corrected chi connectivity index (χ0v) is 18.7. The molecule has 0 unspecified atom stereocenters. The topological polar surface area (TPSA) is 99.3 Å². The van der Waals surface area contributed by atoms with Crippen LogP contribution >= 0.6 is 27.7 Å². The van der Waals surface area contributed by atoms with Gasteiger partial charge in [-0.3, -0.25) is 19.7 Å². The third-order valence-corrected chi connectivity index (χ3v) is 5.91. The normalized spacial score (nSPS) is 11.3. The van der Waals surface area contributed by atoms with Crippen molar-refractivity contribution >= 4 is 45.3 Å². The second-order valence-electron chi connectivity index (χ2n) is 6.35. The monoisotopic (exact) mass is 497 g/mol. The van der Waals surface area contributed by atoms with Crippen LogP contribution in [-0.2, 0) is 6.54 Å². The standard InChI is InChI=1S/C21H16BrN5O3S/c1-2-26-20(18-7-4-10-30-18)24-25-21(26)31-19-9-8-17(27(28)29)11-14(19)13-23-16-6-3-5-15(22)12-16/h3-13H,2H2,1H3. The molecule has 0 fully saturated rings. The van der Waals surface area contributed by atoms with Crippen LogP contribution in [0.2, 0.25) is 0 Å². The number of non-ortho nitro benzene ring substituents is 1. The molecule has 0 saturated heterocycles. The molecule has 4 rings (SSSR count). The van der Waals surface area contributed by atoms with Crippen molar-refractivity contribution in [3.05, 3.63) is 81.0 Å². The van der Waals surface area contributed by atoms with Crippen molar-refractivity contribution in [2.24, 2.45) is 4.99 Å². The molecule has 0 aliphatic rings. The average Bonchev–Trinajstić information content (AvgIpc) is 3.42. The van der Waals surface area contributed by atoms with Gasteiger partial charge in [-0.2, -0.15) is 0 Å². The lowest BCUT2D eigenvalue weighted by atomic mass is 10.2. The van der Waals surface area contributed by atoms with Crippen molar-refractivity contribution in [1.29, 1.82) is 0 Å². The maximum Gasteiger partial charge on any atom is 0.270 e. The van der Waals surface area contributed by atoms with Crippen molar-refractivity contribution in [2.75, 3.05) is 0 Å². The fourth-order valence-corrected chi connectivity index (χ4v) is 4.24. The zero-order valence-electron chi connectivity index (χ0n) is 16.3. The van der Waals surface area contributed by atoms with Crippen LogP contribution < -0.4 is 0 Å². The summed E-state index contributed by atoms with van der Waals surface area (Å²) in [7, 11) is 0. The first-order valence-electron chi connectivity index (χ1n) is 9.28. The van der Waals surface area contributed by atoms with Crippen LogP contribution in [0.25, 0.3) is 11.6 Å². The first-order chi connectivity index (χ1) is 15.0. The minimum Gasteiger partial charge on any atom is -0.461 e. The first-order valence-corrected chi connectivity index (χ1v) is 10.9. The predicted octanol–water partition coefficient (Wildman–Crippen LogP) is 6.13. The highest BCUT2D eigenvalue weighted by molar-refractivity contribution is 9.10. The van der Waals surface area contributed by atoms with Crippen molar-refractivity contribution in [1.82, 2.24) is 14.8 Å². The third kappa shape index (κ3) is 4.75. The Kier molecular flexibility index (Phi) is 6.28.